The highest BCUT2D eigenvalue weighted by Crippen LogP contribution is 2.38. The van der Waals surface area contributed by atoms with Crippen molar-refractivity contribution < 1.29 is 9.47 Å². The van der Waals surface area contributed by atoms with Gasteiger partial charge < -0.3 is 9.47 Å². The van der Waals surface area contributed by atoms with Crippen molar-refractivity contribution in [2.45, 2.75) is 13.0 Å². The Labute approximate surface area is 114 Å². The molecule has 0 radical (unpaired) electrons. The summed E-state index contributed by atoms with van der Waals surface area (Å²) in [6, 6.07) is 1.95. The zero-order chi connectivity index (χ0) is 11.0. The van der Waals surface area contributed by atoms with Crippen molar-refractivity contribution in [3.63, 3.8) is 0 Å². The molecule has 0 saturated carbocycles. The van der Waals surface area contributed by atoms with Gasteiger partial charge in [-0.25, -0.2) is 0 Å². The normalized spacial score (nSPS) is 19.1. The van der Waals surface area contributed by atoms with Crippen LogP contribution in [-0.4, -0.2) is 19.3 Å². The summed E-state index contributed by atoms with van der Waals surface area (Å²) in [5.74, 6) is 0.845. The molecular weight excluding hydrogens is 392 g/mol. The van der Waals surface area contributed by atoms with Gasteiger partial charge in [-0.05, 0) is 66.3 Å². The van der Waals surface area contributed by atoms with Crippen LogP contribution in [0.5, 0.6) is 5.75 Å². The third kappa shape index (κ3) is 2.75. The minimum atomic E-state index is 0.277. The molecule has 0 aliphatic carbocycles. The van der Waals surface area contributed by atoms with Crippen molar-refractivity contribution in [2.75, 3.05) is 13.2 Å². The molecule has 1 unspecified atom stereocenters. The van der Waals surface area contributed by atoms with Gasteiger partial charge in [-0.3, -0.25) is 0 Å². The number of ether oxygens (including phenoxy) is 2. The highest BCUT2D eigenvalue weighted by Gasteiger charge is 2.24. The Bertz CT molecular complexity index is 389. The zero-order valence-electron chi connectivity index (χ0n) is 8.02. The molecule has 1 aromatic carbocycles. The van der Waals surface area contributed by atoms with Crippen LogP contribution in [0.3, 0.4) is 0 Å². The van der Waals surface area contributed by atoms with E-state index in [2.05, 4.69) is 47.8 Å². The van der Waals surface area contributed by atoms with E-state index in [0.717, 1.165) is 31.3 Å². The topological polar surface area (TPSA) is 21.8 Å². The predicted molar refractivity (Wildman–Crippen MR) is 69.5 cm³/mol. The Morgan fingerprint density at radius 2 is 2.07 bits per heavy atom. The fourth-order valence-corrected chi connectivity index (χ4v) is 2.67. The fourth-order valence-electron chi connectivity index (χ4n) is 1.15. The van der Waals surface area contributed by atoms with Crippen LogP contribution in [0.25, 0.3) is 0 Å². The molecule has 0 N–H and O–H groups in total. The highest BCUT2D eigenvalue weighted by molar-refractivity contribution is 9.13. The molecule has 1 aliphatic heterocycles. The third-order valence-corrected chi connectivity index (χ3v) is 5.33. The summed E-state index contributed by atoms with van der Waals surface area (Å²) in [7, 11) is 0. The summed E-state index contributed by atoms with van der Waals surface area (Å²) in [6.45, 7) is 3.46. The van der Waals surface area contributed by atoms with Crippen LogP contribution < -0.4 is 4.74 Å². The van der Waals surface area contributed by atoms with Crippen LogP contribution in [0.2, 0.25) is 0 Å². The minimum absolute atomic E-state index is 0.277. The van der Waals surface area contributed by atoms with E-state index in [1.54, 1.807) is 0 Å². The molecule has 0 bridgehead atoms. The second-order valence-electron chi connectivity index (χ2n) is 3.38. The second kappa shape index (κ2) is 4.73. The van der Waals surface area contributed by atoms with Crippen LogP contribution in [0.4, 0.5) is 0 Å². The van der Waals surface area contributed by atoms with Gasteiger partial charge >= 0.3 is 0 Å². The van der Waals surface area contributed by atoms with Crippen molar-refractivity contribution in [3.05, 3.63) is 25.0 Å². The number of hydrogen-bond donors (Lipinski definition) is 0. The molecule has 1 heterocycles. The molecule has 1 aliphatic rings. The van der Waals surface area contributed by atoms with E-state index in [0.29, 0.717) is 6.61 Å². The lowest BCUT2D eigenvalue weighted by molar-refractivity contribution is 0.261. The number of rotatable bonds is 3. The molecule has 0 spiro atoms. The maximum absolute atomic E-state index is 5.65. The molecule has 82 valence electrons. The monoisotopic (exact) mass is 398 g/mol. The number of halogens is 3. The van der Waals surface area contributed by atoms with E-state index >= 15 is 0 Å². The van der Waals surface area contributed by atoms with Crippen molar-refractivity contribution >= 4 is 47.8 Å². The van der Waals surface area contributed by atoms with Crippen molar-refractivity contribution in [1.82, 2.24) is 0 Å². The van der Waals surface area contributed by atoms with Gasteiger partial charge in [0.15, 0.2) is 0 Å². The first-order chi connectivity index (χ1) is 7.09. The maximum Gasteiger partial charge on any atom is 0.135 e. The molecule has 0 aromatic heterocycles. The van der Waals surface area contributed by atoms with Crippen molar-refractivity contribution in [3.8, 4) is 5.75 Å². The van der Waals surface area contributed by atoms with Crippen molar-refractivity contribution in [1.29, 1.82) is 0 Å². The summed E-state index contributed by atoms with van der Waals surface area (Å²) < 4.78 is 13.8. The molecule has 1 atom stereocenters. The largest absolute Gasteiger partial charge is 0.490 e. The maximum atomic E-state index is 5.65. The lowest BCUT2D eigenvalue weighted by Crippen LogP contribution is -2.05. The first kappa shape index (κ1) is 11.9. The summed E-state index contributed by atoms with van der Waals surface area (Å²) in [6.07, 6.45) is 0.277. The Morgan fingerprint density at radius 3 is 2.67 bits per heavy atom. The lowest BCUT2D eigenvalue weighted by Gasteiger charge is -2.11. The second-order valence-corrected chi connectivity index (χ2v) is 5.82. The zero-order valence-corrected chi connectivity index (χ0v) is 12.8. The average Bonchev–Trinajstić information content (AvgIpc) is 3.02. The molecule has 1 aromatic rings. The van der Waals surface area contributed by atoms with Gasteiger partial charge in [0.25, 0.3) is 0 Å². The third-order valence-electron chi connectivity index (χ3n) is 2.17. The van der Waals surface area contributed by atoms with E-state index in [-0.39, 0.29) is 6.10 Å². The Morgan fingerprint density at radius 1 is 1.40 bits per heavy atom. The van der Waals surface area contributed by atoms with E-state index in [1.165, 1.54) is 0 Å². The van der Waals surface area contributed by atoms with Crippen LogP contribution in [-0.2, 0) is 4.74 Å². The number of epoxide rings is 1. The molecule has 15 heavy (non-hydrogen) atoms. The number of benzene rings is 1. The molecular formula is C10H9Br3O2. The summed E-state index contributed by atoms with van der Waals surface area (Å²) in [5, 5.41) is 0. The van der Waals surface area contributed by atoms with Gasteiger partial charge in [0.05, 0.1) is 11.1 Å². The summed E-state index contributed by atoms with van der Waals surface area (Å²) in [5.41, 5.74) is 1.12. The highest BCUT2D eigenvalue weighted by atomic mass is 79.9. The molecule has 2 rings (SSSR count). The Balaban J connectivity index is 2.21. The molecule has 0 amide bonds. The molecule has 5 heteroatoms. The number of hydrogen-bond acceptors (Lipinski definition) is 2. The van der Waals surface area contributed by atoms with Gasteiger partial charge in [-0.2, -0.15) is 0 Å². The lowest BCUT2D eigenvalue weighted by atomic mass is 10.2. The van der Waals surface area contributed by atoms with Crippen LogP contribution >= 0.6 is 47.8 Å². The fraction of sp³-hybridized carbons (Fsp3) is 0.400. The molecule has 2 nitrogen and oxygen atoms in total. The van der Waals surface area contributed by atoms with Gasteiger partial charge in [0, 0.05) is 8.95 Å². The SMILES string of the molecule is Cc1c(Br)c(Br)cc(OCC2CO2)c1Br. The minimum Gasteiger partial charge on any atom is -0.490 e. The standard InChI is InChI=1S/C10H9Br3O2/c1-5-9(12)7(11)2-8(10(5)13)15-4-6-3-14-6/h2,6H,3-4H2,1H3. The van der Waals surface area contributed by atoms with E-state index in [1.807, 2.05) is 13.0 Å². The summed E-state index contributed by atoms with van der Waals surface area (Å²) >= 11 is 10.5. The smallest absolute Gasteiger partial charge is 0.135 e. The first-order valence-electron chi connectivity index (χ1n) is 4.48. The van der Waals surface area contributed by atoms with Gasteiger partial charge in [-0.15, -0.1) is 0 Å². The van der Waals surface area contributed by atoms with Crippen LogP contribution in [0.1, 0.15) is 5.56 Å². The van der Waals surface area contributed by atoms with Crippen molar-refractivity contribution in [2.24, 2.45) is 0 Å². The van der Waals surface area contributed by atoms with Gasteiger partial charge in [-0.1, -0.05) is 0 Å². The Kier molecular flexibility index (Phi) is 3.75. The van der Waals surface area contributed by atoms with Crippen LogP contribution in [0, 0.1) is 6.92 Å². The van der Waals surface area contributed by atoms with Crippen LogP contribution in [0.15, 0.2) is 19.5 Å². The van der Waals surface area contributed by atoms with E-state index in [9.17, 15) is 0 Å². The Hall–Kier alpha value is 0.420. The average molecular weight is 401 g/mol. The first-order valence-corrected chi connectivity index (χ1v) is 6.86. The quantitative estimate of drug-likeness (QED) is 0.563. The van der Waals surface area contributed by atoms with Gasteiger partial charge in [0.2, 0.25) is 0 Å². The van der Waals surface area contributed by atoms with E-state index < -0.39 is 0 Å². The molecule has 1 fully saturated rings. The summed E-state index contributed by atoms with van der Waals surface area (Å²) in [4.78, 5) is 0. The molecule has 1 saturated heterocycles. The predicted octanol–water partition coefficient (Wildman–Crippen LogP) is 4.06. The van der Waals surface area contributed by atoms with Gasteiger partial charge in [0.1, 0.15) is 18.5 Å². The van der Waals surface area contributed by atoms with E-state index in [4.69, 9.17) is 9.47 Å².